The summed E-state index contributed by atoms with van der Waals surface area (Å²) in [4.78, 5) is 30.5. The molecule has 0 aliphatic carbocycles. The van der Waals surface area contributed by atoms with Gasteiger partial charge in [0.1, 0.15) is 12.6 Å². The van der Waals surface area contributed by atoms with E-state index in [9.17, 15) is 18.0 Å². The number of nitrogens with one attached hydrogen (secondary N) is 1. The van der Waals surface area contributed by atoms with Crippen molar-refractivity contribution in [3.05, 3.63) is 124 Å². The number of sulfonamides is 1. The number of nitrogens with zero attached hydrogens (tertiary/aromatic N) is 2. The number of benzene rings is 4. The highest BCUT2D eigenvalue weighted by Gasteiger charge is 2.34. The largest absolute Gasteiger partial charge is 0.355 e. The maximum Gasteiger partial charge on any atom is 0.264 e. The Kier molecular flexibility index (Phi) is 11.7. The van der Waals surface area contributed by atoms with Gasteiger partial charge in [-0.3, -0.25) is 13.9 Å². The number of likely N-dealkylation sites (N-methyl/N-ethyl adjacent to an activating group) is 1. The molecule has 4 aromatic carbocycles. The number of anilines is 1. The van der Waals surface area contributed by atoms with Crippen molar-refractivity contribution < 1.29 is 18.0 Å². The van der Waals surface area contributed by atoms with Crippen LogP contribution in [0, 0.1) is 6.92 Å². The number of hydrogen-bond acceptors (Lipinski definition) is 5. The SMILES string of the molecule is CCNC(=O)[C@@H](Cc1ccccc1)N(Cc1cccc(Br)c1)C(=O)CN(c1ccc(C)cc1)S(=O)(=O)c1ccc(SC)cc1. The van der Waals surface area contributed by atoms with E-state index in [1.807, 2.05) is 86.8 Å². The van der Waals surface area contributed by atoms with Crippen LogP contribution in [-0.2, 0) is 32.6 Å². The van der Waals surface area contributed by atoms with Crippen LogP contribution < -0.4 is 9.62 Å². The average molecular weight is 695 g/mol. The van der Waals surface area contributed by atoms with Gasteiger partial charge in [0.2, 0.25) is 11.8 Å². The lowest BCUT2D eigenvalue weighted by molar-refractivity contribution is -0.140. The predicted octanol–water partition coefficient (Wildman–Crippen LogP) is 6.45. The number of thioether (sulfide) groups is 1. The summed E-state index contributed by atoms with van der Waals surface area (Å²) in [5, 5.41) is 2.88. The first-order valence-electron chi connectivity index (χ1n) is 14.2. The fraction of sp³-hybridized carbons (Fsp3) is 0.235. The second-order valence-electron chi connectivity index (χ2n) is 10.3. The van der Waals surface area contributed by atoms with Crippen molar-refractivity contribution in [3.8, 4) is 0 Å². The molecule has 0 spiro atoms. The van der Waals surface area contributed by atoms with E-state index in [1.165, 1.54) is 16.7 Å². The molecule has 0 radical (unpaired) electrons. The molecule has 0 aliphatic rings. The molecular weight excluding hydrogens is 658 g/mol. The van der Waals surface area contributed by atoms with E-state index >= 15 is 0 Å². The van der Waals surface area contributed by atoms with Gasteiger partial charge in [0.25, 0.3) is 10.0 Å². The molecule has 0 saturated carbocycles. The highest BCUT2D eigenvalue weighted by Crippen LogP contribution is 2.27. The molecule has 10 heteroatoms. The second-order valence-corrected chi connectivity index (χ2v) is 13.9. The number of halogens is 1. The van der Waals surface area contributed by atoms with E-state index in [4.69, 9.17) is 0 Å². The molecule has 2 amide bonds. The molecule has 7 nitrogen and oxygen atoms in total. The lowest BCUT2D eigenvalue weighted by Crippen LogP contribution is -2.53. The molecule has 0 aromatic heterocycles. The van der Waals surface area contributed by atoms with Crippen molar-refractivity contribution in [2.24, 2.45) is 0 Å². The van der Waals surface area contributed by atoms with Crippen molar-refractivity contribution in [2.45, 2.75) is 42.6 Å². The standard InChI is InChI=1S/C34H36BrN3O4S2/c1-4-36-34(40)32(22-26-9-6-5-7-10-26)37(23-27-11-8-12-28(35)21-27)33(39)24-38(29-15-13-25(2)14-16-29)44(41,42)31-19-17-30(43-3)18-20-31/h5-21,32H,4,22-24H2,1-3H3,(H,36,40)/t32-/m1/s1. The Bertz CT molecular complexity index is 1670. The van der Waals surface area contributed by atoms with Gasteiger partial charge in [-0.1, -0.05) is 76.1 Å². The van der Waals surface area contributed by atoms with Crippen LogP contribution in [0.3, 0.4) is 0 Å². The van der Waals surface area contributed by atoms with E-state index in [1.54, 1.807) is 36.4 Å². The smallest absolute Gasteiger partial charge is 0.264 e. The topological polar surface area (TPSA) is 86.8 Å². The van der Waals surface area contributed by atoms with Crippen molar-refractivity contribution in [2.75, 3.05) is 23.7 Å². The zero-order chi connectivity index (χ0) is 31.7. The summed E-state index contributed by atoms with van der Waals surface area (Å²) in [5.74, 6) is -0.806. The fourth-order valence-corrected chi connectivity index (χ4v) is 7.06. The van der Waals surface area contributed by atoms with E-state index in [-0.39, 0.29) is 23.8 Å². The number of rotatable bonds is 13. The minimum atomic E-state index is -4.15. The summed E-state index contributed by atoms with van der Waals surface area (Å²) in [6.07, 6.45) is 2.18. The minimum Gasteiger partial charge on any atom is -0.355 e. The lowest BCUT2D eigenvalue weighted by atomic mass is 10.0. The van der Waals surface area contributed by atoms with Gasteiger partial charge in [-0.15, -0.1) is 11.8 Å². The van der Waals surface area contributed by atoms with Crippen molar-refractivity contribution in [1.29, 1.82) is 0 Å². The Morgan fingerprint density at radius 3 is 2.16 bits per heavy atom. The minimum absolute atomic E-state index is 0.0757. The molecule has 230 valence electrons. The van der Waals surface area contributed by atoms with Gasteiger partial charge < -0.3 is 10.2 Å². The van der Waals surface area contributed by atoms with Crippen LogP contribution in [0.25, 0.3) is 0 Å². The third-order valence-electron chi connectivity index (χ3n) is 7.11. The van der Waals surface area contributed by atoms with Gasteiger partial charge in [0.05, 0.1) is 10.6 Å². The van der Waals surface area contributed by atoms with E-state index < -0.39 is 28.5 Å². The molecule has 0 bridgehead atoms. The Labute approximate surface area is 272 Å². The van der Waals surface area contributed by atoms with Gasteiger partial charge in [-0.2, -0.15) is 0 Å². The number of aryl methyl sites for hydroxylation is 1. The normalized spacial score (nSPS) is 11.9. The van der Waals surface area contributed by atoms with Gasteiger partial charge in [-0.05, 0) is 79.8 Å². The Morgan fingerprint density at radius 1 is 0.886 bits per heavy atom. The van der Waals surface area contributed by atoms with E-state index in [0.29, 0.717) is 12.2 Å². The van der Waals surface area contributed by atoms with Crippen molar-refractivity contribution >= 4 is 55.2 Å². The Morgan fingerprint density at radius 2 is 1.55 bits per heavy atom. The molecule has 4 rings (SSSR count). The summed E-state index contributed by atoms with van der Waals surface area (Å²) in [7, 11) is -4.15. The quantitative estimate of drug-likeness (QED) is 0.163. The number of hydrogen-bond donors (Lipinski definition) is 1. The fourth-order valence-electron chi connectivity index (χ4n) is 4.79. The molecule has 0 aliphatic heterocycles. The molecule has 1 N–H and O–H groups in total. The number of amides is 2. The average Bonchev–Trinajstić information content (AvgIpc) is 3.02. The molecule has 44 heavy (non-hydrogen) atoms. The summed E-state index contributed by atoms with van der Waals surface area (Å²) < 4.78 is 30.2. The summed E-state index contributed by atoms with van der Waals surface area (Å²) >= 11 is 5.01. The summed E-state index contributed by atoms with van der Waals surface area (Å²) in [6.45, 7) is 3.74. The maximum absolute atomic E-state index is 14.4. The van der Waals surface area contributed by atoms with Gasteiger partial charge >= 0.3 is 0 Å². The highest BCUT2D eigenvalue weighted by molar-refractivity contribution is 9.10. The maximum atomic E-state index is 14.4. The number of carbonyl (C=O) groups is 2. The molecule has 0 saturated heterocycles. The van der Waals surface area contributed by atoms with Crippen LogP contribution in [0.1, 0.15) is 23.6 Å². The molecule has 0 unspecified atom stereocenters. The Hall–Kier alpha value is -3.60. The summed E-state index contributed by atoms with van der Waals surface area (Å²) in [5.41, 5.74) is 3.00. The predicted molar refractivity (Wildman–Crippen MR) is 181 cm³/mol. The first-order valence-corrected chi connectivity index (χ1v) is 17.7. The van der Waals surface area contributed by atoms with Crippen LogP contribution in [-0.4, -0.2) is 50.5 Å². The molecule has 1 atom stereocenters. The monoisotopic (exact) mass is 693 g/mol. The van der Waals surface area contributed by atoms with Crippen LogP contribution in [0.2, 0.25) is 0 Å². The van der Waals surface area contributed by atoms with Gasteiger partial charge in [0, 0.05) is 28.9 Å². The van der Waals surface area contributed by atoms with Crippen LogP contribution in [0.4, 0.5) is 5.69 Å². The zero-order valence-corrected chi connectivity index (χ0v) is 28.2. The lowest BCUT2D eigenvalue weighted by Gasteiger charge is -2.34. The van der Waals surface area contributed by atoms with Gasteiger partial charge in [-0.25, -0.2) is 8.42 Å². The van der Waals surface area contributed by atoms with E-state index in [2.05, 4.69) is 21.2 Å². The number of carbonyl (C=O) groups excluding carboxylic acids is 2. The van der Waals surface area contributed by atoms with E-state index in [0.717, 1.165) is 30.4 Å². The Balaban J connectivity index is 1.79. The molecule has 0 fully saturated rings. The first kappa shape index (κ1) is 33.3. The molecule has 0 heterocycles. The first-order chi connectivity index (χ1) is 21.1. The third-order valence-corrected chi connectivity index (χ3v) is 10.1. The zero-order valence-electron chi connectivity index (χ0n) is 24.9. The second kappa shape index (κ2) is 15.4. The summed E-state index contributed by atoms with van der Waals surface area (Å²) in [6, 6.07) is 29.7. The van der Waals surface area contributed by atoms with Crippen molar-refractivity contribution in [3.63, 3.8) is 0 Å². The van der Waals surface area contributed by atoms with Crippen LogP contribution >= 0.6 is 27.7 Å². The van der Waals surface area contributed by atoms with Crippen LogP contribution in [0.5, 0.6) is 0 Å². The highest BCUT2D eigenvalue weighted by atomic mass is 79.9. The third kappa shape index (κ3) is 8.52. The molecule has 4 aromatic rings. The molecular formula is C34H36BrN3O4S2. The van der Waals surface area contributed by atoms with Crippen molar-refractivity contribution in [1.82, 2.24) is 10.2 Å². The van der Waals surface area contributed by atoms with Crippen LogP contribution in [0.15, 0.2) is 117 Å². The van der Waals surface area contributed by atoms with Gasteiger partial charge in [0.15, 0.2) is 0 Å².